The van der Waals surface area contributed by atoms with Crippen LogP contribution in [0.4, 0.5) is 0 Å². The molecule has 0 radical (unpaired) electrons. The molecule has 0 bridgehead atoms. The molecule has 0 fully saturated rings. The number of hydrogen-bond donors (Lipinski definition) is 5. The Balaban J connectivity index is 5.31. The molecule has 0 aliphatic heterocycles. The molecule has 0 aliphatic rings. The van der Waals surface area contributed by atoms with Gasteiger partial charge in [0.1, 0.15) is 0 Å². The molecule has 0 rings (SSSR count). The van der Waals surface area contributed by atoms with Crippen molar-refractivity contribution in [1.29, 1.82) is 0 Å². The molecule has 0 saturated carbocycles. The number of thiol groups is 4. The number of aliphatic hydroxyl groups excluding tert-OH is 1. The van der Waals surface area contributed by atoms with Crippen LogP contribution in [0, 0.1) is 0 Å². The second-order valence-electron chi connectivity index (χ2n) is 3.77. The molecule has 0 aromatic rings. The summed E-state index contributed by atoms with van der Waals surface area (Å²) in [4.78, 5) is 0. The van der Waals surface area contributed by atoms with Crippen molar-refractivity contribution in [2.24, 2.45) is 0 Å². The Morgan fingerprint density at radius 2 is 0.957 bits per heavy atom. The maximum atomic E-state index is 9.36. The minimum absolute atomic E-state index is 0.453. The van der Waals surface area contributed by atoms with Gasteiger partial charge in [0.15, 0.2) is 0 Å². The molecule has 3 atom stereocenters. The highest BCUT2D eigenvalue weighted by Crippen LogP contribution is 2.31. The highest BCUT2D eigenvalue weighted by molar-refractivity contribution is 8.17. The van der Waals surface area contributed by atoms with E-state index >= 15 is 0 Å². The first kappa shape index (κ1) is 24.9. The van der Waals surface area contributed by atoms with Gasteiger partial charge in [-0.25, -0.2) is 0 Å². The van der Waals surface area contributed by atoms with Crippen molar-refractivity contribution in [3.8, 4) is 0 Å². The van der Waals surface area contributed by atoms with Crippen LogP contribution < -0.4 is 0 Å². The second-order valence-corrected chi connectivity index (χ2v) is 20.1. The highest BCUT2D eigenvalue weighted by atomic mass is 32.3. The van der Waals surface area contributed by atoms with E-state index < -0.39 is 37.8 Å². The number of aliphatic hydroxyl groups is 1. The Labute approximate surface area is 160 Å². The molecular formula is C6H22O9S4Si4. The Hall–Kier alpha value is 1.91. The van der Waals surface area contributed by atoms with Gasteiger partial charge in [-0.05, 0) is 0 Å². The van der Waals surface area contributed by atoms with E-state index in [-0.39, 0.29) is 0 Å². The van der Waals surface area contributed by atoms with E-state index in [9.17, 15) is 5.11 Å². The van der Waals surface area contributed by atoms with E-state index in [1.54, 1.807) is 0 Å². The first-order valence-electron chi connectivity index (χ1n) is 5.85. The summed E-state index contributed by atoms with van der Waals surface area (Å²) < 4.78 is 42.5. The van der Waals surface area contributed by atoms with Crippen molar-refractivity contribution in [3.05, 3.63) is 0 Å². The summed E-state index contributed by atoms with van der Waals surface area (Å²) in [6.45, 7) is 0. The third-order valence-corrected chi connectivity index (χ3v) is 20.0. The molecule has 140 valence electrons. The van der Waals surface area contributed by atoms with Crippen LogP contribution in [0.1, 0.15) is 0 Å². The molecule has 0 spiro atoms. The SMILES string of the molecule is CO[Si](S)(CO)O[Si](S)(OC)O[Si](S)(OC)O[Si](S)(OC)OC. The zero-order valence-corrected chi connectivity index (χ0v) is 20.8. The summed E-state index contributed by atoms with van der Waals surface area (Å²) in [7, 11) is -7.22. The molecule has 0 aliphatic carbocycles. The zero-order valence-electron chi connectivity index (χ0n) is 13.2. The lowest BCUT2D eigenvalue weighted by Gasteiger charge is -2.37. The molecule has 0 amide bonds. The Morgan fingerprint density at radius 3 is 1.26 bits per heavy atom. The normalized spacial score (nSPS) is 20.6. The third-order valence-electron chi connectivity index (χ3n) is 2.35. The van der Waals surface area contributed by atoms with Crippen LogP contribution in [0.3, 0.4) is 0 Å². The van der Waals surface area contributed by atoms with Crippen LogP contribution in [0.15, 0.2) is 0 Å². The largest absolute Gasteiger partial charge is 0.562 e. The van der Waals surface area contributed by atoms with Gasteiger partial charge in [-0.3, -0.25) is 0 Å². The third kappa shape index (κ3) is 7.98. The molecule has 23 heavy (non-hydrogen) atoms. The van der Waals surface area contributed by atoms with Crippen molar-refractivity contribution < 1.29 is 39.6 Å². The minimum atomic E-state index is -3.68. The lowest BCUT2D eigenvalue weighted by Crippen LogP contribution is -2.61. The predicted octanol–water partition coefficient (Wildman–Crippen LogP) is -0.235. The van der Waals surface area contributed by atoms with Crippen molar-refractivity contribution >= 4 is 79.9 Å². The lowest BCUT2D eigenvalue weighted by molar-refractivity contribution is 0.113. The van der Waals surface area contributed by atoms with E-state index in [2.05, 4.69) is 48.3 Å². The first-order valence-corrected chi connectivity index (χ1v) is 18.2. The lowest BCUT2D eigenvalue weighted by atomic mass is 11.7. The molecule has 9 nitrogen and oxygen atoms in total. The first-order chi connectivity index (χ1) is 10.5. The average Bonchev–Trinajstić information content (AvgIpc) is 2.54. The van der Waals surface area contributed by atoms with E-state index in [1.807, 2.05) is 0 Å². The Kier molecular flexibility index (Phi) is 11.1. The molecular weight excluding hydrogens is 457 g/mol. The quantitative estimate of drug-likeness (QED) is 0.192. The Bertz CT molecular complexity index is 333. The van der Waals surface area contributed by atoms with Gasteiger partial charge in [0.25, 0.3) is 0 Å². The second kappa shape index (κ2) is 10.3. The fourth-order valence-electron chi connectivity index (χ4n) is 1.04. The average molecular weight is 479 g/mol. The topological polar surface area (TPSA) is 94.1 Å². The highest BCUT2D eigenvalue weighted by Gasteiger charge is 2.58. The van der Waals surface area contributed by atoms with Gasteiger partial charge in [0.05, 0.1) is 6.23 Å². The molecule has 0 heterocycles. The van der Waals surface area contributed by atoms with Crippen molar-refractivity contribution in [2.45, 2.75) is 0 Å². The number of hydrogen-bond acceptors (Lipinski definition) is 13. The van der Waals surface area contributed by atoms with Crippen LogP contribution in [0.25, 0.3) is 0 Å². The summed E-state index contributed by atoms with van der Waals surface area (Å²) in [5.41, 5.74) is 0. The van der Waals surface area contributed by atoms with Crippen molar-refractivity contribution in [2.75, 3.05) is 41.8 Å². The van der Waals surface area contributed by atoms with Crippen LogP contribution in [0.5, 0.6) is 0 Å². The Morgan fingerprint density at radius 1 is 0.609 bits per heavy atom. The van der Waals surface area contributed by atoms with Crippen molar-refractivity contribution in [1.82, 2.24) is 0 Å². The predicted molar refractivity (Wildman–Crippen MR) is 104 cm³/mol. The van der Waals surface area contributed by atoms with E-state index in [0.717, 1.165) is 0 Å². The molecule has 0 aromatic heterocycles. The van der Waals surface area contributed by atoms with Gasteiger partial charge >= 0.3 is 31.6 Å². The smallest absolute Gasteiger partial charge is 0.394 e. The van der Waals surface area contributed by atoms with Gasteiger partial charge in [-0.15, -0.1) is 48.3 Å². The van der Waals surface area contributed by atoms with Crippen LogP contribution in [0.2, 0.25) is 0 Å². The minimum Gasteiger partial charge on any atom is -0.394 e. The fraction of sp³-hybridized carbons (Fsp3) is 1.00. The maximum absolute atomic E-state index is 9.36. The standard InChI is InChI=1S/C6H22O9S4Si4/c1-8-20(16,6-7)13-22(18,11-4)15-23(19,12-5)14-21(17,9-2)10-3/h7,16-19H,6H2,1-5H3. The van der Waals surface area contributed by atoms with Gasteiger partial charge in [0.2, 0.25) is 0 Å². The van der Waals surface area contributed by atoms with Crippen LogP contribution in [-0.4, -0.2) is 78.5 Å². The van der Waals surface area contributed by atoms with Gasteiger partial charge in [-0.1, -0.05) is 0 Å². The summed E-state index contributed by atoms with van der Waals surface area (Å²) in [6.07, 6.45) is -0.453. The summed E-state index contributed by atoms with van der Waals surface area (Å²) >= 11 is 17.0. The van der Waals surface area contributed by atoms with Gasteiger partial charge in [-0.2, -0.15) is 0 Å². The summed E-state index contributed by atoms with van der Waals surface area (Å²) in [6, 6.07) is 0. The van der Waals surface area contributed by atoms with Gasteiger partial charge < -0.3 is 39.6 Å². The van der Waals surface area contributed by atoms with Crippen LogP contribution in [-0.2, 0) is 34.5 Å². The van der Waals surface area contributed by atoms with Crippen LogP contribution >= 0.6 is 48.3 Å². The maximum Gasteiger partial charge on any atom is 0.562 e. The van der Waals surface area contributed by atoms with Crippen molar-refractivity contribution in [3.63, 3.8) is 0 Å². The van der Waals surface area contributed by atoms with E-state index in [4.69, 9.17) is 34.5 Å². The fourth-order valence-corrected chi connectivity index (χ4v) is 17.9. The monoisotopic (exact) mass is 478 g/mol. The van der Waals surface area contributed by atoms with E-state index in [0.29, 0.717) is 0 Å². The molecule has 3 unspecified atom stereocenters. The van der Waals surface area contributed by atoms with Gasteiger partial charge in [0, 0.05) is 35.5 Å². The molecule has 17 heteroatoms. The summed E-state index contributed by atoms with van der Waals surface area (Å²) in [5, 5.41) is 9.36. The van der Waals surface area contributed by atoms with E-state index in [1.165, 1.54) is 35.5 Å². The number of rotatable bonds is 12. The molecule has 1 N–H and O–H groups in total. The molecule has 0 aromatic carbocycles. The molecule has 0 saturated heterocycles. The zero-order chi connectivity index (χ0) is 18.4. The summed E-state index contributed by atoms with van der Waals surface area (Å²) in [5.74, 6) is 0.